The Kier molecular flexibility index (Phi) is 27.1. The maximum atomic E-state index is 6.92. The van der Waals surface area contributed by atoms with Gasteiger partial charge < -0.3 is 56.8 Å². The second kappa shape index (κ2) is 33.8. The summed E-state index contributed by atoms with van der Waals surface area (Å²) in [4.78, 5) is 0. The summed E-state index contributed by atoms with van der Waals surface area (Å²) in [5.74, 6) is 5.22. The van der Waals surface area contributed by atoms with E-state index in [0.29, 0.717) is 154 Å². The van der Waals surface area contributed by atoms with Crippen LogP contribution in [0.15, 0.2) is 167 Å². The Morgan fingerprint density at radius 3 is 1.78 bits per heavy atom. The average Bonchev–Trinajstić information content (AvgIpc) is 2.89. The summed E-state index contributed by atoms with van der Waals surface area (Å²) in [5, 5.41) is 0. The van der Waals surface area contributed by atoms with Gasteiger partial charge in [-0.2, -0.15) is 0 Å². The van der Waals surface area contributed by atoms with Crippen molar-refractivity contribution in [3.63, 3.8) is 0 Å². The minimum Gasteiger partial charge on any atom is -0.495 e. The predicted octanol–water partition coefficient (Wildman–Crippen LogP) is 16.3. The average molecular weight is 1190 g/mol. The van der Waals surface area contributed by atoms with Crippen LogP contribution in [-0.2, 0) is 60.9 Å². The molecule has 0 radical (unpaired) electrons. The minimum absolute atomic E-state index is 0.0683. The first kappa shape index (κ1) is 68.9. The van der Waals surface area contributed by atoms with Gasteiger partial charge in [-0.15, -0.1) is 0 Å². The number of ether oxygens (including phenoxy) is 12. The predicted molar refractivity (Wildman–Crippen MR) is 347 cm³/mol. The number of allylic oxidation sites excluding steroid dienone is 15. The number of benzene rings is 2. The molecule has 0 spiro atoms. The normalized spacial score (nSPS) is 22.7. The fraction of sp³-hybridized carbons (Fsp3) is 0.541. The zero-order valence-electron chi connectivity index (χ0n) is 54.7. The fourth-order valence-corrected chi connectivity index (χ4v) is 11.5. The molecular weight excluding hydrogens is 1080 g/mol. The van der Waals surface area contributed by atoms with Gasteiger partial charge in [-0.25, -0.2) is 0 Å². The van der Waals surface area contributed by atoms with Crippen LogP contribution in [0, 0.1) is 22.2 Å². The fourth-order valence-electron chi connectivity index (χ4n) is 11.5. The number of hydrogen-bond acceptors (Lipinski definition) is 12. The molecule has 2 aliphatic carbocycles. The highest BCUT2D eigenvalue weighted by Gasteiger charge is 2.30. The molecule has 1 atom stereocenters. The third-order valence-corrected chi connectivity index (χ3v) is 15.2. The first-order chi connectivity index (χ1) is 41.0. The summed E-state index contributed by atoms with van der Waals surface area (Å²) in [5.41, 5.74) is 8.28. The SMILES string of the molecule is C=C1/C=C2/OCCOCCOC(/C=C(\C)C(C)(C)CC(C)(C)C)=C(/C)OCCOCCOc3c4cccc3C/C(=C/C=C\C2/C=C/C)C(=C)OCCOCCOc2cc(C(C)(C)CC(C)(C)C)ccc2OCCOCCOC2=C(CC=CC=C2C4)C1. The van der Waals surface area contributed by atoms with E-state index in [4.69, 9.17) is 56.8 Å². The molecule has 2 aliphatic heterocycles. The standard InChI is InChI=1S/C74H104O12/c1-16-21-58-24-19-25-59-49-62-26-20-27-63-50-61-23-18-17-22-60(69(61)85-44-37-78-32-40-81-65-29-28-64(74(14,15)53-72(9,10)11)51-68(65)84-43-35-75-30-38-79-56(59)4)46-54(2)47-67(58)83-42-34-77-33-41-82-66(48-55(3)73(12,13)52-71(6,7)8)57(5)80-39-31-76-36-45-86-70(62)63/h16-21,23-29,47-48,51,58H,2,4,22,30-46,49-50,52-53H2,1,3,5-15H3/b21-16+,24-19-,55-48+,59-25-,66-57-,67-47+. The highest BCUT2D eigenvalue weighted by molar-refractivity contribution is 5.51. The molecule has 0 fully saturated rings. The van der Waals surface area contributed by atoms with Crippen molar-refractivity contribution in [3.05, 3.63) is 184 Å². The van der Waals surface area contributed by atoms with Gasteiger partial charge in [0, 0.05) is 12.8 Å². The van der Waals surface area contributed by atoms with Gasteiger partial charge in [0.25, 0.3) is 0 Å². The molecule has 0 aromatic heterocycles. The van der Waals surface area contributed by atoms with E-state index in [1.807, 2.05) is 26.0 Å². The smallest absolute Gasteiger partial charge is 0.161 e. The molecule has 6 rings (SSSR count). The molecule has 12 heteroatoms. The lowest BCUT2D eigenvalue weighted by molar-refractivity contribution is 0.0363. The van der Waals surface area contributed by atoms with Gasteiger partial charge >= 0.3 is 0 Å². The zero-order chi connectivity index (χ0) is 62.2. The van der Waals surface area contributed by atoms with Crippen molar-refractivity contribution in [2.75, 3.05) is 106 Å². The second-order valence-corrected chi connectivity index (χ2v) is 26.3. The van der Waals surface area contributed by atoms with Gasteiger partial charge in [-0.05, 0) is 131 Å². The van der Waals surface area contributed by atoms with Crippen molar-refractivity contribution in [1.29, 1.82) is 0 Å². The van der Waals surface area contributed by atoms with Crippen LogP contribution >= 0.6 is 0 Å². The third kappa shape index (κ3) is 23.2. The monoisotopic (exact) mass is 1180 g/mol. The molecule has 86 heavy (non-hydrogen) atoms. The van der Waals surface area contributed by atoms with E-state index in [9.17, 15) is 0 Å². The van der Waals surface area contributed by atoms with Gasteiger partial charge in [-0.1, -0.05) is 161 Å². The van der Waals surface area contributed by atoms with E-state index in [1.54, 1.807) is 0 Å². The van der Waals surface area contributed by atoms with Gasteiger partial charge in [0.2, 0.25) is 0 Å². The van der Waals surface area contributed by atoms with Gasteiger partial charge in [-0.3, -0.25) is 0 Å². The van der Waals surface area contributed by atoms with E-state index in [2.05, 4.69) is 174 Å². The lowest BCUT2D eigenvalue weighted by atomic mass is 9.72. The van der Waals surface area contributed by atoms with Gasteiger partial charge in [0.05, 0.1) is 58.8 Å². The third-order valence-electron chi connectivity index (χ3n) is 15.2. The number of hydrogen-bond donors (Lipinski definition) is 0. The van der Waals surface area contributed by atoms with Crippen molar-refractivity contribution in [1.82, 2.24) is 0 Å². The van der Waals surface area contributed by atoms with Crippen LogP contribution in [-0.4, -0.2) is 106 Å². The minimum atomic E-state index is -0.265. The van der Waals surface area contributed by atoms with Crippen molar-refractivity contribution >= 4 is 0 Å². The molecule has 2 heterocycles. The largest absolute Gasteiger partial charge is 0.495 e. The van der Waals surface area contributed by atoms with Crippen LogP contribution in [0.25, 0.3) is 0 Å². The van der Waals surface area contributed by atoms with Crippen LogP contribution in [0.3, 0.4) is 0 Å². The summed E-state index contributed by atoms with van der Waals surface area (Å²) < 4.78 is 77.4. The molecule has 2 aromatic rings. The van der Waals surface area contributed by atoms with E-state index in [-0.39, 0.29) is 34.2 Å². The van der Waals surface area contributed by atoms with E-state index in [0.717, 1.165) is 63.5 Å². The Labute approximate surface area is 517 Å². The van der Waals surface area contributed by atoms with Gasteiger partial charge in [0.15, 0.2) is 17.3 Å². The Bertz CT molecular complexity index is 2830. The van der Waals surface area contributed by atoms with Crippen molar-refractivity contribution in [2.45, 2.75) is 134 Å². The zero-order valence-corrected chi connectivity index (χ0v) is 54.7. The van der Waals surface area contributed by atoms with Crippen molar-refractivity contribution in [2.24, 2.45) is 22.2 Å². The Hall–Kier alpha value is -6.18. The van der Waals surface area contributed by atoms with Crippen LogP contribution < -0.4 is 14.2 Å². The lowest BCUT2D eigenvalue weighted by Gasteiger charge is -2.33. The van der Waals surface area contributed by atoms with Crippen molar-refractivity contribution in [3.8, 4) is 17.2 Å². The first-order valence-corrected chi connectivity index (χ1v) is 31.2. The van der Waals surface area contributed by atoms with E-state index < -0.39 is 0 Å². The molecule has 1 unspecified atom stereocenters. The maximum absolute atomic E-state index is 6.92. The van der Waals surface area contributed by atoms with Crippen LogP contribution in [0.2, 0.25) is 0 Å². The molecular formula is C74H104O12. The molecule has 472 valence electrons. The molecule has 4 aliphatic rings. The highest BCUT2D eigenvalue weighted by atomic mass is 16.6. The molecule has 0 saturated carbocycles. The molecule has 12 nitrogen and oxygen atoms in total. The van der Waals surface area contributed by atoms with E-state index >= 15 is 0 Å². The quantitative estimate of drug-likeness (QED) is 0.257. The van der Waals surface area contributed by atoms with Crippen LogP contribution in [0.4, 0.5) is 0 Å². The molecule has 2 aromatic carbocycles. The van der Waals surface area contributed by atoms with E-state index in [1.165, 1.54) is 11.1 Å². The Morgan fingerprint density at radius 1 is 0.581 bits per heavy atom. The van der Waals surface area contributed by atoms with Crippen LogP contribution in [0.1, 0.15) is 132 Å². The second-order valence-electron chi connectivity index (χ2n) is 26.3. The molecule has 0 saturated heterocycles. The maximum Gasteiger partial charge on any atom is 0.161 e. The summed E-state index contributed by atoms with van der Waals surface area (Å²) in [6.45, 7) is 43.3. The molecule has 0 N–H and O–H groups in total. The summed E-state index contributed by atoms with van der Waals surface area (Å²) in [6, 6.07) is 12.6. The topological polar surface area (TPSA) is 111 Å². The molecule has 8 bridgehead atoms. The first-order valence-electron chi connectivity index (χ1n) is 31.2. The Balaban J connectivity index is 1.38. The summed E-state index contributed by atoms with van der Waals surface area (Å²) in [7, 11) is 0. The molecule has 0 amide bonds. The Morgan fingerprint density at radius 2 is 1.14 bits per heavy atom. The lowest BCUT2D eigenvalue weighted by Crippen LogP contribution is -2.25. The number of rotatable bonds is 6. The summed E-state index contributed by atoms with van der Waals surface area (Å²) in [6.07, 6.45) is 25.2. The number of para-hydroxylation sites is 1. The summed E-state index contributed by atoms with van der Waals surface area (Å²) >= 11 is 0. The van der Waals surface area contributed by atoms with Crippen LogP contribution in [0.5, 0.6) is 17.2 Å². The highest BCUT2D eigenvalue weighted by Crippen LogP contribution is 2.42. The van der Waals surface area contributed by atoms with Gasteiger partial charge in [0.1, 0.15) is 81.6 Å². The number of fused-ring (bicyclic) bond motifs is 4. The van der Waals surface area contributed by atoms with Crippen molar-refractivity contribution < 1.29 is 56.8 Å².